The Morgan fingerprint density at radius 1 is 1.38 bits per heavy atom. The van der Waals surface area contributed by atoms with Gasteiger partial charge in [0.1, 0.15) is 17.4 Å². The highest BCUT2D eigenvalue weighted by molar-refractivity contribution is 6.16. The number of pyridine rings is 1. The Morgan fingerprint density at radius 2 is 2.06 bits per heavy atom. The van der Waals surface area contributed by atoms with E-state index in [2.05, 4.69) is 4.29 Å². The number of nitrogens with zero attached hydrogens (tertiary/aromatic N) is 1. The van der Waals surface area contributed by atoms with E-state index in [1.165, 1.54) is 6.20 Å². The van der Waals surface area contributed by atoms with E-state index in [0.717, 1.165) is 5.52 Å². The third kappa shape index (κ3) is 1.57. The summed E-state index contributed by atoms with van der Waals surface area (Å²) in [6, 6.07) is 7.01. The molecule has 0 fully saturated rings. The molecule has 5 heteroatoms. The molecule has 1 aromatic heterocycles. The Balaban J connectivity index is 2.86. The van der Waals surface area contributed by atoms with Crippen molar-refractivity contribution in [2.45, 2.75) is 0 Å². The Morgan fingerprint density at radius 3 is 2.75 bits per heavy atom. The molecule has 16 heavy (non-hydrogen) atoms. The summed E-state index contributed by atoms with van der Waals surface area (Å²) in [4.78, 5) is 23.2. The minimum absolute atomic E-state index is 0.0730. The number of carbonyl (C=O) groups excluding carboxylic acids is 1. The second kappa shape index (κ2) is 3.98. The maximum absolute atomic E-state index is 11.9. The van der Waals surface area contributed by atoms with Gasteiger partial charge in [-0.3, -0.25) is 4.79 Å². The molecule has 0 saturated heterocycles. The number of aryl methyl sites for hydroxylation is 1. The van der Waals surface area contributed by atoms with Gasteiger partial charge in [-0.05, 0) is 12.1 Å². The maximum Gasteiger partial charge on any atom is 0.361 e. The summed E-state index contributed by atoms with van der Waals surface area (Å²) < 4.78 is 5.72. The molecule has 2 rings (SSSR count). The van der Waals surface area contributed by atoms with E-state index in [9.17, 15) is 9.59 Å². The molecule has 4 nitrogen and oxygen atoms in total. The first-order valence-corrected chi connectivity index (χ1v) is 4.87. The van der Waals surface area contributed by atoms with Crippen LogP contribution in [0.2, 0.25) is 0 Å². The molecule has 0 aliphatic rings. The van der Waals surface area contributed by atoms with E-state index < -0.39 is 5.97 Å². The van der Waals surface area contributed by atoms with Gasteiger partial charge in [-0.1, -0.05) is 12.1 Å². The van der Waals surface area contributed by atoms with Crippen LogP contribution in [0, 0.1) is 0 Å². The van der Waals surface area contributed by atoms with Crippen LogP contribution in [-0.2, 0) is 11.3 Å². The fourth-order valence-electron chi connectivity index (χ4n) is 1.63. The third-order valence-corrected chi connectivity index (χ3v) is 2.53. The Kier molecular flexibility index (Phi) is 2.66. The van der Waals surface area contributed by atoms with Crippen LogP contribution >= 0.6 is 11.9 Å². The largest absolute Gasteiger partial charge is 0.361 e. The molecular weight excluding hydrogens is 230 g/mol. The summed E-state index contributed by atoms with van der Waals surface area (Å²) in [5, 5.41) is 0.463. The van der Waals surface area contributed by atoms with Gasteiger partial charge in [-0.15, -0.1) is 0 Å². The molecule has 0 spiro atoms. The van der Waals surface area contributed by atoms with Crippen LogP contribution in [0.1, 0.15) is 10.4 Å². The number of benzene rings is 1. The topological polar surface area (TPSA) is 48.3 Å². The Hall–Kier alpha value is -1.81. The third-order valence-electron chi connectivity index (χ3n) is 2.39. The Bertz CT molecular complexity index is 618. The highest BCUT2D eigenvalue weighted by atomic mass is 35.5. The van der Waals surface area contributed by atoms with Crippen molar-refractivity contribution in [2.24, 2.45) is 7.05 Å². The number of aromatic nitrogens is 1. The van der Waals surface area contributed by atoms with Crippen LogP contribution < -0.4 is 5.43 Å². The molecule has 0 saturated carbocycles. The normalized spacial score (nSPS) is 10.4. The fraction of sp³-hybridized carbons (Fsp3) is 0.0909. The second-order valence-electron chi connectivity index (χ2n) is 3.36. The van der Waals surface area contributed by atoms with E-state index in [-0.39, 0.29) is 11.0 Å². The first-order chi connectivity index (χ1) is 7.65. The highest BCUT2D eigenvalue weighted by Crippen LogP contribution is 2.10. The predicted molar refractivity (Wildman–Crippen MR) is 60.5 cm³/mol. The van der Waals surface area contributed by atoms with Crippen LogP contribution in [0.15, 0.2) is 35.3 Å². The van der Waals surface area contributed by atoms with Crippen molar-refractivity contribution in [3.05, 3.63) is 46.2 Å². The van der Waals surface area contributed by atoms with E-state index >= 15 is 0 Å². The van der Waals surface area contributed by atoms with Crippen molar-refractivity contribution < 1.29 is 9.08 Å². The smallest absolute Gasteiger partial charge is 0.349 e. The fourth-order valence-corrected chi connectivity index (χ4v) is 1.71. The van der Waals surface area contributed by atoms with Crippen LogP contribution in [0.25, 0.3) is 10.9 Å². The molecule has 0 amide bonds. The number of para-hydroxylation sites is 1. The Labute approximate surface area is 96.2 Å². The van der Waals surface area contributed by atoms with Crippen molar-refractivity contribution in [3.8, 4) is 0 Å². The maximum atomic E-state index is 11.9. The van der Waals surface area contributed by atoms with Gasteiger partial charge in [0.15, 0.2) is 0 Å². The van der Waals surface area contributed by atoms with Crippen LogP contribution in [0.5, 0.6) is 0 Å². The molecule has 2 aromatic rings. The van der Waals surface area contributed by atoms with Crippen molar-refractivity contribution >= 4 is 28.7 Å². The summed E-state index contributed by atoms with van der Waals surface area (Å²) in [7, 11) is 1.74. The average Bonchev–Trinajstić information content (AvgIpc) is 2.33. The molecule has 0 N–H and O–H groups in total. The van der Waals surface area contributed by atoms with E-state index in [4.69, 9.17) is 11.9 Å². The summed E-state index contributed by atoms with van der Waals surface area (Å²) in [6.07, 6.45) is 1.41. The molecule has 0 atom stereocenters. The van der Waals surface area contributed by atoms with Crippen LogP contribution in [0.4, 0.5) is 0 Å². The van der Waals surface area contributed by atoms with E-state index in [1.54, 1.807) is 29.8 Å². The number of halogens is 1. The summed E-state index contributed by atoms with van der Waals surface area (Å²) in [5.74, 6) is -0.840. The summed E-state index contributed by atoms with van der Waals surface area (Å²) in [6.45, 7) is 0. The van der Waals surface area contributed by atoms with Gasteiger partial charge in [-0.2, -0.15) is 0 Å². The molecule has 0 radical (unpaired) electrons. The molecule has 0 bridgehead atoms. The lowest BCUT2D eigenvalue weighted by atomic mass is 10.1. The average molecular weight is 238 g/mol. The molecular formula is C11H8ClNO3. The van der Waals surface area contributed by atoms with Gasteiger partial charge in [0.25, 0.3) is 0 Å². The monoisotopic (exact) mass is 237 g/mol. The number of hydrogen-bond donors (Lipinski definition) is 0. The standard InChI is InChI=1S/C11H8ClNO3/c1-13-6-8(11(15)16-12)10(14)7-4-2-3-5-9(7)13/h2-6H,1H3. The lowest BCUT2D eigenvalue weighted by Gasteiger charge is -2.06. The van der Waals surface area contributed by atoms with E-state index in [0.29, 0.717) is 5.39 Å². The minimum atomic E-state index is -0.840. The molecule has 0 unspecified atom stereocenters. The van der Waals surface area contributed by atoms with Crippen molar-refractivity contribution in [1.82, 2.24) is 4.57 Å². The van der Waals surface area contributed by atoms with Gasteiger partial charge in [0.2, 0.25) is 5.43 Å². The molecule has 1 aromatic carbocycles. The SMILES string of the molecule is Cn1cc(C(=O)OCl)c(=O)c2ccccc21. The van der Waals surface area contributed by atoms with Crippen molar-refractivity contribution in [3.63, 3.8) is 0 Å². The van der Waals surface area contributed by atoms with Gasteiger partial charge < -0.3 is 8.86 Å². The molecule has 82 valence electrons. The van der Waals surface area contributed by atoms with Crippen molar-refractivity contribution in [2.75, 3.05) is 0 Å². The van der Waals surface area contributed by atoms with Gasteiger partial charge in [0.05, 0.1) is 5.52 Å². The predicted octanol–water partition coefficient (Wildman–Crippen LogP) is 1.85. The van der Waals surface area contributed by atoms with Gasteiger partial charge >= 0.3 is 5.97 Å². The summed E-state index contributed by atoms with van der Waals surface area (Å²) >= 11 is 4.96. The lowest BCUT2D eigenvalue weighted by molar-refractivity contribution is 0.0749. The zero-order valence-corrected chi connectivity index (χ0v) is 9.19. The lowest BCUT2D eigenvalue weighted by Crippen LogP contribution is -2.18. The first-order valence-electron chi connectivity index (χ1n) is 4.56. The second-order valence-corrected chi connectivity index (χ2v) is 3.52. The van der Waals surface area contributed by atoms with Crippen LogP contribution in [0.3, 0.4) is 0 Å². The highest BCUT2D eigenvalue weighted by Gasteiger charge is 2.14. The number of fused-ring (bicyclic) bond motifs is 1. The quantitative estimate of drug-likeness (QED) is 0.761. The zero-order chi connectivity index (χ0) is 11.7. The zero-order valence-electron chi connectivity index (χ0n) is 8.44. The summed E-state index contributed by atoms with van der Waals surface area (Å²) in [5.41, 5.74) is 0.300. The number of rotatable bonds is 1. The number of hydrogen-bond acceptors (Lipinski definition) is 3. The van der Waals surface area contributed by atoms with Crippen molar-refractivity contribution in [1.29, 1.82) is 0 Å². The van der Waals surface area contributed by atoms with Gasteiger partial charge in [-0.25, -0.2) is 4.79 Å². The first kappa shape index (κ1) is 10.7. The molecule has 1 heterocycles. The van der Waals surface area contributed by atoms with E-state index in [1.807, 2.05) is 6.07 Å². The van der Waals surface area contributed by atoms with Gasteiger partial charge in [0, 0.05) is 18.6 Å². The number of carbonyl (C=O) groups is 1. The molecule has 0 aliphatic heterocycles. The van der Waals surface area contributed by atoms with Crippen LogP contribution in [-0.4, -0.2) is 10.5 Å². The minimum Gasteiger partial charge on any atom is -0.349 e. The molecule has 0 aliphatic carbocycles.